The third kappa shape index (κ3) is 4.01. The van der Waals surface area contributed by atoms with Crippen molar-refractivity contribution in [3.05, 3.63) is 28.3 Å². The number of carbonyl (C=O) groups is 1. The fourth-order valence-corrected chi connectivity index (χ4v) is 2.21. The summed E-state index contributed by atoms with van der Waals surface area (Å²) in [6.07, 6.45) is 0. The molecule has 21 heavy (non-hydrogen) atoms. The van der Waals surface area contributed by atoms with E-state index in [-0.39, 0.29) is 17.7 Å². The van der Waals surface area contributed by atoms with Crippen LogP contribution in [0.3, 0.4) is 0 Å². The van der Waals surface area contributed by atoms with Gasteiger partial charge in [-0.2, -0.15) is 21.6 Å². The monoisotopic (exact) mass is 346 g/mol. The molecule has 0 saturated heterocycles. The zero-order valence-corrected chi connectivity index (χ0v) is 12.4. The van der Waals surface area contributed by atoms with Crippen molar-refractivity contribution in [2.75, 3.05) is 6.61 Å². The summed E-state index contributed by atoms with van der Waals surface area (Å²) in [6.45, 7) is 2.91. The van der Waals surface area contributed by atoms with Crippen LogP contribution in [0.15, 0.2) is 12.1 Å². The van der Waals surface area contributed by atoms with Crippen molar-refractivity contribution >= 4 is 27.7 Å². The number of halogens is 4. The van der Waals surface area contributed by atoms with E-state index in [4.69, 9.17) is 16.3 Å². The molecule has 1 rings (SSSR count). The molecule has 0 atom stereocenters. The van der Waals surface area contributed by atoms with Gasteiger partial charge in [-0.3, -0.25) is 0 Å². The normalized spacial score (nSPS) is 12.1. The number of hydrogen-bond acceptors (Lipinski definition) is 5. The van der Waals surface area contributed by atoms with Crippen LogP contribution in [0.2, 0.25) is 5.02 Å². The van der Waals surface area contributed by atoms with Crippen LogP contribution in [0.25, 0.3) is 0 Å². The number of rotatable bonds is 4. The lowest BCUT2D eigenvalue weighted by Crippen LogP contribution is -2.28. The summed E-state index contributed by atoms with van der Waals surface area (Å²) in [6, 6.07) is 2.08. The van der Waals surface area contributed by atoms with Gasteiger partial charge in [-0.05, 0) is 31.5 Å². The van der Waals surface area contributed by atoms with Gasteiger partial charge in [0.25, 0.3) is 0 Å². The standard InChI is InChI=1S/C11H10ClF3O5S/c1-3-19-10(16)7-4-6(2)9(8(12)5-7)20-21(17,18)11(13,14)15/h4-5H,3H2,1-2H3. The smallest absolute Gasteiger partial charge is 0.462 e. The third-order valence-electron chi connectivity index (χ3n) is 2.22. The molecule has 0 aliphatic carbocycles. The summed E-state index contributed by atoms with van der Waals surface area (Å²) in [5, 5.41) is -0.453. The first-order chi connectivity index (χ1) is 9.49. The van der Waals surface area contributed by atoms with Crippen LogP contribution in [-0.4, -0.2) is 26.5 Å². The lowest BCUT2D eigenvalue weighted by Gasteiger charge is -2.13. The predicted molar refractivity (Wildman–Crippen MR) is 67.7 cm³/mol. The Balaban J connectivity index is 3.21. The molecule has 0 aliphatic rings. The zero-order chi connectivity index (χ0) is 16.4. The van der Waals surface area contributed by atoms with Crippen molar-refractivity contribution in [1.29, 1.82) is 0 Å². The number of esters is 1. The highest BCUT2D eigenvalue weighted by Crippen LogP contribution is 2.35. The summed E-state index contributed by atoms with van der Waals surface area (Å²) < 4.78 is 67.4. The summed E-state index contributed by atoms with van der Waals surface area (Å²) >= 11 is 5.67. The number of alkyl halides is 3. The van der Waals surface area contributed by atoms with Gasteiger partial charge in [0.15, 0.2) is 5.75 Å². The molecule has 0 aromatic heterocycles. The van der Waals surface area contributed by atoms with Gasteiger partial charge in [0.1, 0.15) is 0 Å². The lowest BCUT2D eigenvalue weighted by molar-refractivity contribution is -0.0500. The Bertz CT molecular complexity index is 631. The maximum absolute atomic E-state index is 12.3. The Labute approximate surface area is 123 Å². The molecule has 0 N–H and O–H groups in total. The van der Waals surface area contributed by atoms with Crippen LogP contribution in [-0.2, 0) is 14.9 Å². The fourth-order valence-electron chi connectivity index (χ4n) is 1.33. The lowest BCUT2D eigenvalue weighted by atomic mass is 10.1. The number of hydrogen-bond donors (Lipinski definition) is 0. The van der Waals surface area contributed by atoms with E-state index in [1.165, 1.54) is 6.92 Å². The van der Waals surface area contributed by atoms with Crippen molar-refractivity contribution in [1.82, 2.24) is 0 Å². The minimum absolute atomic E-state index is 0.0314. The number of carbonyl (C=O) groups excluding carboxylic acids is 1. The Morgan fingerprint density at radius 2 is 1.90 bits per heavy atom. The molecule has 1 aromatic carbocycles. The first kappa shape index (κ1) is 17.6. The van der Waals surface area contributed by atoms with Crippen LogP contribution in [0, 0.1) is 6.92 Å². The van der Waals surface area contributed by atoms with Crippen molar-refractivity contribution in [2.45, 2.75) is 19.4 Å². The maximum atomic E-state index is 12.3. The molecule has 0 spiro atoms. The first-order valence-electron chi connectivity index (χ1n) is 5.47. The van der Waals surface area contributed by atoms with E-state index in [0.29, 0.717) is 0 Å². The molecule has 118 valence electrons. The van der Waals surface area contributed by atoms with Gasteiger partial charge in [-0.15, -0.1) is 0 Å². The number of benzene rings is 1. The van der Waals surface area contributed by atoms with Crippen LogP contribution < -0.4 is 4.18 Å². The number of aryl methyl sites for hydroxylation is 1. The topological polar surface area (TPSA) is 69.7 Å². The van der Waals surface area contributed by atoms with E-state index in [2.05, 4.69) is 4.18 Å². The van der Waals surface area contributed by atoms with E-state index in [1.54, 1.807) is 6.92 Å². The molecule has 5 nitrogen and oxygen atoms in total. The van der Waals surface area contributed by atoms with Crippen LogP contribution in [0.5, 0.6) is 5.75 Å². The van der Waals surface area contributed by atoms with E-state index in [9.17, 15) is 26.4 Å². The number of ether oxygens (including phenoxy) is 1. The van der Waals surface area contributed by atoms with Gasteiger partial charge in [-0.1, -0.05) is 11.6 Å². The molecular weight excluding hydrogens is 337 g/mol. The van der Waals surface area contributed by atoms with Crippen LogP contribution in [0.4, 0.5) is 13.2 Å². The Kier molecular flexibility index (Phi) is 5.11. The largest absolute Gasteiger partial charge is 0.534 e. The average Bonchev–Trinajstić information content (AvgIpc) is 2.32. The molecule has 0 fully saturated rings. The molecule has 0 amide bonds. The molecule has 0 radical (unpaired) electrons. The highest BCUT2D eigenvalue weighted by molar-refractivity contribution is 7.88. The first-order valence-corrected chi connectivity index (χ1v) is 7.26. The summed E-state index contributed by atoms with van der Waals surface area (Å²) in [4.78, 5) is 11.5. The third-order valence-corrected chi connectivity index (χ3v) is 3.45. The molecule has 10 heteroatoms. The Hall–Kier alpha value is -1.48. The second-order valence-electron chi connectivity index (χ2n) is 3.81. The molecule has 0 heterocycles. The molecule has 0 bridgehead atoms. The quantitative estimate of drug-likeness (QED) is 0.476. The highest BCUT2D eigenvalue weighted by Gasteiger charge is 2.49. The summed E-state index contributed by atoms with van der Waals surface area (Å²) in [5.74, 6) is -1.44. The van der Waals surface area contributed by atoms with Crippen molar-refractivity contribution in [3.63, 3.8) is 0 Å². The average molecular weight is 347 g/mol. The van der Waals surface area contributed by atoms with Crippen LogP contribution >= 0.6 is 11.6 Å². The fraction of sp³-hybridized carbons (Fsp3) is 0.364. The second kappa shape index (κ2) is 6.10. The minimum Gasteiger partial charge on any atom is -0.462 e. The van der Waals surface area contributed by atoms with E-state index < -0.39 is 32.4 Å². The van der Waals surface area contributed by atoms with Gasteiger partial charge >= 0.3 is 21.6 Å². The highest BCUT2D eigenvalue weighted by atomic mass is 35.5. The predicted octanol–water partition coefficient (Wildman–Crippen LogP) is 3.05. The Morgan fingerprint density at radius 3 is 2.33 bits per heavy atom. The van der Waals surface area contributed by atoms with Gasteiger partial charge < -0.3 is 8.92 Å². The summed E-state index contributed by atoms with van der Waals surface area (Å²) in [5.41, 5.74) is -5.67. The molecule has 0 aliphatic heterocycles. The van der Waals surface area contributed by atoms with Gasteiger partial charge in [0.2, 0.25) is 0 Å². The second-order valence-corrected chi connectivity index (χ2v) is 5.75. The van der Waals surface area contributed by atoms with Crippen LogP contribution in [0.1, 0.15) is 22.8 Å². The SMILES string of the molecule is CCOC(=O)c1cc(C)c(OS(=O)(=O)C(F)(F)F)c(Cl)c1. The van der Waals surface area contributed by atoms with Crippen molar-refractivity contribution < 1.29 is 35.3 Å². The van der Waals surface area contributed by atoms with E-state index >= 15 is 0 Å². The molecule has 0 saturated carbocycles. The molecular formula is C11H10ClF3O5S. The zero-order valence-electron chi connectivity index (χ0n) is 10.8. The van der Waals surface area contributed by atoms with E-state index in [1.807, 2.05) is 0 Å². The molecule has 0 unspecified atom stereocenters. The van der Waals surface area contributed by atoms with Gasteiger partial charge in [0, 0.05) is 0 Å². The van der Waals surface area contributed by atoms with Gasteiger partial charge in [0.05, 0.1) is 17.2 Å². The van der Waals surface area contributed by atoms with Crippen molar-refractivity contribution in [2.24, 2.45) is 0 Å². The van der Waals surface area contributed by atoms with E-state index in [0.717, 1.165) is 12.1 Å². The minimum atomic E-state index is -5.84. The Morgan fingerprint density at radius 1 is 1.33 bits per heavy atom. The molecule has 1 aromatic rings. The maximum Gasteiger partial charge on any atom is 0.534 e. The summed E-state index contributed by atoms with van der Waals surface area (Å²) in [7, 11) is -5.84. The van der Waals surface area contributed by atoms with Gasteiger partial charge in [-0.25, -0.2) is 4.79 Å². The van der Waals surface area contributed by atoms with Crippen molar-refractivity contribution in [3.8, 4) is 5.75 Å².